The zero-order valence-electron chi connectivity index (χ0n) is 11.1. The highest BCUT2D eigenvalue weighted by atomic mass is 79.9. The van der Waals surface area contributed by atoms with Crippen LogP contribution in [-0.2, 0) is 11.3 Å². The van der Waals surface area contributed by atoms with Gasteiger partial charge in [-0.25, -0.2) is 0 Å². The van der Waals surface area contributed by atoms with Crippen LogP contribution in [0.4, 0.5) is 0 Å². The molecule has 1 aromatic carbocycles. The first-order chi connectivity index (χ1) is 8.52. The van der Waals surface area contributed by atoms with Crippen molar-refractivity contribution in [3.63, 3.8) is 0 Å². The smallest absolute Gasteiger partial charge is 0.255 e. The highest BCUT2D eigenvalue weighted by molar-refractivity contribution is 9.10. The standard InChI is InChI=1S/C13H19BrN2O2.ClH/c1-3-9(2)16-7-10-6-11(14)4-5-12(10)18-8-13(15)17;/h4-6,9,16H,3,7-8H2,1-2H3,(H2,15,17);1H. The van der Waals surface area contributed by atoms with E-state index in [1.165, 1.54) is 0 Å². The molecule has 0 aliphatic carbocycles. The Bertz CT molecular complexity index is 416. The number of rotatable bonds is 7. The molecule has 0 aliphatic heterocycles. The maximum Gasteiger partial charge on any atom is 0.255 e. The molecule has 0 aliphatic rings. The summed E-state index contributed by atoms with van der Waals surface area (Å²) in [6.45, 7) is 4.85. The van der Waals surface area contributed by atoms with Gasteiger partial charge in [0.1, 0.15) is 5.75 Å². The molecule has 3 N–H and O–H groups in total. The van der Waals surface area contributed by atoms with E-state index < -0.39 is 5.91 Å². The summed E-state index contributed by atoms with van der Waals surface area (Å²) in [6.07, 6.45) is 1.06. The fourth-order valence-electron chi connectivity index (χ4n) is 1.40. The molecule has 1 unspecified atom stereocenters. The van der Waals surface area contributed by atoms with Crippen molar-refractivity contribution < 1.29 is 9.53 Å². The highest BCUT2D eigenvalue weighted by Crippen LogP contribution is 2.23. The van der Waals surface area contributed by atoms with E-state index in [9.17, 15) is 4.79 Å². The SMILES string of the molecule is CCC(C)NCc1cc(Br)ccc1OCC(N)=O.Cl. The summed E-state index contributed by atoms with van der Waals surface area (Å²) < 4.78 is 6.37. The van der Waals surface area contributed by atoms with E-state index in [0.717, 1.165) is 16.5 Å². The van der Waals surface area contributed by atoms with E-state index in [1.54, 1.807) is 0 Å². The molecule has 4 nitrogen and oxygen atoms in total. The Kier molecular flexibility index (Phi) is 8.80. The quantitative estimate of drug-likeness (QED) is 0.793. The number of hydrogen-bond acceptors (Lipinski definition) is 3. The van der Waals surface area contributed by atoms with Crippen molar-refractivity contribution in [2.75, 3.05) is 6.61 Å². The number of hydrogen-bond donors (Lipinski definition) is 2. The van der Waals surface area contributed by atoms with E-state index >= 15 is 0 Å². The lowest BCUT2D eigenvalue weighted by molar-refractivity contribution is -0.119. The molecule has 0 spiro atoms. The number of halogens is 2. The van der Waals surface area contributed by atoms with E-state index in [2.05, 4.69) is 35.1 Å². The molecule has 0 heterocycles. The van der Waals surface area contributed by atoms with E-state index in [-0.39, 0.29) is 19.0 Å². The predicted molar refractivity (Wildman–Crippen MR) is 82.7 cm³/mol. The van der Waals surface area contributed by atoms with Gasteiger partial charge in [-0.1, -0.05) is 22.9 Å². The lowest BCUT2D eigenvalue weighted by Crippen LogP contribution is -2.25. The van der Waals surface area contributed by atoms with Crippen LogP contribution >= 0.6 is 28.3 Å². The maximum atomic E-state index is 10.7. The molecule has 1 aromatic rings. The van der Waals surface area contributed by atoms with Crippen LogP contribution in [-0.4, -0.2) is 18.6 Å². The number of ether oxygens (including phenoxy) is 1. The van der Waals surface area contributed by atoms with E-state index in [4.69, 9.17) is 10.5 Å². The van der Waals surface area contributed by atoms with Gasteiger partial charge >= 0.3 is 0 Å². The predicted octanol–water partition coefficient (Wildman–Crippen LogP) is 2.62. The van der Waals surface area contributed by atoms with Crippen molar-refractivity contribution in [2.45, 2.75) is 32.9 Å². The van der Waals surface area contributed by atoms with Crippen molar-refractivity contribution in [1.82, 2.24) is 5.32 Å². The molecule has 0 saturated carbocycles. The third kappa shape index (κ3) is 6.80. The summed E-state index contributed by atoms with van der Waals surface area (Å²) in [5.74, 6) is 0.214. The number of nitrogens with two attached hydrogens (primary N) is 1. The second-order valence-electron chi connectivity index (χ2n) is 4.20. The molecule has 0 aromatic heterocycles. The molecular weight excluding hydrogens is 332 g/mol. The Morgan fingerprint density at radius 2 is 2.21 bits per heavy atom. The second-order valence-corrected chi connectivity index (χ2v) is 5.11. The molecule has 1 rings (SSSR count). The lowest BCUT2D eigenvalue weighted by atomic mass is 10.2. The maximum absolute atomic E-state index is 10.7. The molecule has 0 radical (unpaired) electrons. The lowest BCUT2D eigenvalue weighted by Gasteiger charge is -2.15. The average molecular weight is 352 g/mol. The van der Waals surface area contributed by atoms with Gasteiger partial charge in [0.25, 0.3) is 5.91 Å². The van der Waals surface area contributed by atoms with E-state index in [1.807, 2.05) is 18.2 Å². The Hall–Kier alpha value is -0.780. The van der Waals surface area contributed by atoms with Gasteiger partial charge in [0.15, 0.2) is 6.61 Å². The normalized spacial score (nSPS) is 11.5. The second kappa shape index (κ2) is 9.18. The van der Waals surface area contributed by atoms with Crippen LogP contribution in [0.5, 0.6) is 5.75 Å². The summed E-state index contributed by atoms with van der Waals surface area (Å²) in [4.78, 5) is 10.7. The number of primary amides is 1. The minimum atomic E-state index is -0.473. The number of carbonyl (C=O) groups is 1. The Morgan fingerprint density at radius 1 is 1.53 bits per heavy atom. The van der Waals surface area contributed by atoms with Crippen molar-refractivity contribution in [2.24, 2.45) is 5.73 Å². The van der Waals surface area contributed by atoms with Gasteiger partial charge in [-0.15, -0.1) is 12.4 Å². The molecule has 6 heteroatoms. The summed E-state index contributed by atoms with van der Waals surface area (Å²) >= 11 is 3.43. The van der Waals surface area contributed by atoms with Crippen LogP contribution in [0.3, 0.4) is 0 Å². The molecular formula is C13H20BrClN2O2. The number of carbonyl (C=O) groups excluding carboxylic acids is 1. The van der Waals surface area contributed by atoms with Crippen LogP contribution in [0.2, 0.25) is 0 Å². The Morgan fingerprint density at radius 3 is 2.79 bits per heavy atom. The molecule has 0 bridgehead atoms. The van der Waals surface area contributed by atoms with Crippen molar-refractivity contribution in [1.29, 1.82) is 0 Å². The van der Waals surface area contributed by atoms with Gasteiger partial charge in [-0.05, 0) is 31.5 Å². The first kappa shape index (κ1) is 18.2. The van der Waals surface area contributed by atoms with Crippen molar-refractivity contribution in [3.8, 4) is 5.75 Å². The van der Waals surface area contributed by atoms with Gasteiger partial charge in [0, 0.05) is 22.6 Å². The van der Waals surface area contributed by atoms with Crippen LogP contribution in [0.15, 0.2) is 22.7 Å². The molecule has 19 heavy (non-hydrogen) atoms. The summed E-state index contributed by atoms with van der Waals surface area (Å²) in [5.41, 5.74) is 6.08. The number of amides is 1. The van der Waals surface area contributed by atoms with Crippen LogP contribution in [0.1, 0.15) is 25.8 Å². The molecule has 0 fully saturated rings. The zero-order chi connectivity index (χ0) is 13.5. The minimum Gasteiger partial charge on any atom is -0.483 e. The third-order valence-electron chi connectivity index (χ3n) is 2.65. The van der Waals surface area contributed by atoms with Gasteiger partial charge in [-0.2, -0.15) is 0 Å². The topological polar surface area (TPSA) is 64.3 Å². The van der Waals surface area contributed by atoms with E-state index in [0.29, 0.717) is 18.3 Å². The average Bonchev–Trinajstić information content (AvgIpc) is 2.34. The molecule has 0 saturated heterocycles. The van der Waals surface area contributed by atoms with Crippen LogP contribution < -0.4 is 15.8 Å². The summed E-state index contributed by atoms with van der Waals surface area (Å²) in [6, 6.07) is 6.13. The first-order valence-corrected chi connectivity index (χ1v) is 6.75. The van der Waals surface area contributed by atoms with Gasteiger partial charge in [0.2, 0.25) is 0 Å². The highest BCUT2D eigenvalue weighted by Gasteiger charge is 2.07. The van der Waals surface area contributed by atoms with Gasteiger partial charge < -0.3 is 15.8 Å². The molecule has 1 amide bonds. The molecule has 1 atom stereocenters. The minimum absolute atomic E-state index is 0. The fraction of sp³-hybridized carbons (Fsp3) is 0.462. The summed E-state index contributed by atoms with van der Waals surface area (Å²) in [5, 5.41) is 3.39. The first-order valence-electron chi connectivity index (χ1n) is 5.95. The monoisotopic (exact) mass is 350 g/mol. The Labute approximate surface area is 128 Å². The van der Waals surface area contributed by atoms with Gasteiger partial charge in [0.05, 0.1) is 0 Å². The van der Waals surface area contributed by atoms with Crippen molar-refractivity contribution >= 4 is 34.2 Å². The number of benzene rings is 1. The van der Waals surface area contributed by atoms with Crippen LogP contribution in [0.25, 0.3) is 0 Å². The summed E-state index contributed by atoms with van der Waals surface area (Å²) in [7, 11) is 0. The third-order valence-corrected chi connectivity index (χ3v) is 3.14. The van der Waals surface area contributed by atoms with Crippen LogP contribution in [0, 0.1) is 0 Å². The fourth-order valence-corrected chi connectivity index (χ4v) is 1.81. The zero-order valence-corrected chi connectivity index (χ0v) is 13.5. The van der Waals surface area contributed by atoms with Crippen molar-refractivity contribution in [3.05, 3.63) is 28.2 Å². The van der Waals surface area contributed by atoms with Gasteiger partial charge in [-0.3, -0.25) is 4.79 Å². The largest absolute Gasteiger partial charge is 0.483 e. The molecule has 108 valence electrons. The Balaban J connectivity index is 0.00000324. The number of nitrogens with one attached hydrogen (secondary N) is 1.